The molecule has 21 heavy (non-hydrogen) atoms. The van der Waals surface area contributed by atoms with Crippen molar-refractivity contribution in [3.8, 4) is 0 Å². The van der Waals surface area contributed by atoms with Crippen LogP contribution in [0.15, 0.2) is 12.1 Å². The summed E-state index contributed by atoms with van der Waals surface area (Å²) in [7, 11) is 1.08. The maximum absolute atomic E-state index is 13.6. The molecular formula is C14H18F2N2O3. The molecule has 1 unspecified atom stereocenters. The summed E-state index contributed by atoms with van der Waals surface area (Å²) >= 11 is 0. The molecule has 0 spiro atoms. The van der Waals surface area contributed by atoms with Crippen LogP contribution < -0.4 is 11.1 Å². The average Bonchev–Trinajstić information content (AvgIpc) is 2.40. The fraction of sp³-hybridized carbons (Fsp3) is 0.429. The molecule has 5 nitrogen and oxygen atoms in total. The molecule has 1 aromatic carbocycles. The van der Waals surface area contributed by atoms with Crippen LogP contribution in [-0.2, 0) is 9.53 Å². The predicted octanol–water partition coefficient (Wildman–Crippen LogP) is 2.21. The maximum atomic E-state index is 13.6. The van der Waals surface area contributed by atoms with Crippen molar-refractivity contribution in [1.82, 2.24) is 0 Å². The number of carbonyl (C=O) groups is 2. The molecule has 1 atom stereocenters. The number of anilines is 1. The van der Waals surface area contributed by atoms with Crippen molar-refractivity contribution >= 4 is 17.6 Å². The summed E-state index contributed by atoms with van der Waals surface area (Å²) in [4.78, 5) is 23.0. The largest absolute Gasteiger partial charge is 0.465 e. The minimum Gasteiger partial charge on any atom is -0.465 e. The molecule has 1 amide bonds. The predicted molar refractivity (Wildman–Crippen MR) is 73.8 cm³/mol. The van der Waals surface area contributed by atoms with Crippen LogP contribution in [0.1, 0.15) is 36.5 Å². The molecule has 3 N–H and O–H groups in total. The van der Waals surface area contributed by atoms with Crippen LogP contribution >= 0.6 is 0 Å². The van der Waals surface area contributed by atoms with Gasteiger partial charge in [-0.3, -0.25) is 4.79 Å². The number of hydrogen-bond donors (Lipinski definition) is 2. The van der Waals surface area contributed by atoms with Crippen LogP contribution in [0.3, 0.4) is 0 Å². The van der Waals surface area contributed by atoms with E-state index in [2.05, 4.69) is 10.1 Å². The van der Waals surface area contributed by atoms with Crippen LogP contribution in [0.2, 0.25) is 0 Å². The zero-order valence-corrected chi connectivity index (χ0v) is 11.9. The molecule has 0 saturated carbocycles. The molecule has 0 aliphatic heterocycles. The first-order chi connectivity index (χ1) is 9.85. The van der Waals surface area contributed by atoms with E-state index < -0.39 is 29.1 Å². The molecule has 116 valence electrons. The lowest BCUT2D eigenvalue weighted by Crippen LogP contribution is -2.17. The highest BCUT2D eigenvalue weighted by Gasteiger charge is 2.17. The van der Waals surface area contributed by atoms with Gasteiger partial charge in [0.25, 0.3) is 0 Å². The zero-order valence-electron chi connectivity index (χ0n) is 11.9. The van der Waals surface area contributed by atoms with Crippen molar-refractivity contribution in [1.29, 1.82) is 0 Å². The Hall–Kier alpha value is -2.02. The average molecular weight is 300 g/mol. The van der Waals surface area contributed by atoms with Crippen LogP contribution in [0.25, 0.3) is 0 Å². The lowest BCUT2D eigenvalue weighted by molar-refractivity contribution is -0.116. The van der Waals surface area contributed by atoms with Gasteiger partial charge in [-0.05, 0) is 25.8 Å². The van der Waals surface area contributed by atoms with Crippen LogP contribution in [-0.4, -0.2) is 25.0 Å². The molecule has 1 rings (SSSR count). The van der Waals surface area contributed by atoms with E-state index in [9.17, 15) is 18.4 Å². The summed E-state index contributed by atoms with van der Waals surface area (Å²) in [5.74, 6) is -3.38. The Kier molecular flexibility index (Phi) is 6.23. The van der Waals surface area contributed by atoms with Crippen molar-refractivity contribution in [2.75, 3.05) is 12.4 Å². The van der Waals surface area contributed by atoms with E-state index in [4.69, 9.17) is 5.73 Å². The van der Waals surface area contributed by atoms with E-state index in [1.54, 1.807) is 0 Å². The molecule has 0 bridgehead atoms. The number of nitrogens with one attached hydrogen (secondary N) is 1. The van der Waals surface area contributed by atoms with Crippen molar-refractivity contribution in [3.63, 3.8) is 0 Å². The minimum absolute atomic E-state index is 0.0220. The highest BCUT2D eigenvalue weighted by atomic mass is 19.1. The third kappa shape index (κ3) is 5.11. The summed E-state index contributed by atoms with van der Waals surface area (Å²) in [5.41, 5.74) is 4.85. The minimum atomic E-state index is -1.05. The molecule has 7 heteroatoms. The number of methoxy groups -OCH3 is 1. The Morgan fingerprint density at radius 3 is 2.57 bits per heavy atom. The molecular weight excluding hydrogens is 282 g/mol. The Bertz CT molecular complexity index is 533. The lowest BCUT2D eigenvalue weighted by atomic mass is 10.1. The number of hydrogen-bond acceptors (Lipinski definition) is 4. The number of rotatable bonds is 6. The number of esters is 1. The highest BCUT2D eigenvalue weighted by molar-refractivity contribution is 5.94. The van der Waals surface area contributed by atoms with Crippen LogP contribution in [0.5, 0.6) is 0 Å². The summed E-state index contributed by atoms with van der Waals surface area (Å²) in [6.45, 7) is 1.82. The zero-order chi connectivity index (χ0) is 16.0. The second-order valence-electron chi connectivity index (χ2n) is 4.72. The van der Waals surface area contributed by atoms with Gasteiger partial charge in [-0.15, -0.1) is 0 Å². The Morgan fingerprint density at radius 2 is 2.00 bits per heavy atom. The number of nitrogens with two attached hydrogens (primary N) is 1. The molecule has 1 aromatic rings. The van der Waals surface area contributed by atoms with Gasteiger partial charge in [-0.1, -0.05) is 0 Å². The number of amides is 1. The Morgan fingerprint density at radius 1 is 1.33 bits per heavy atom. The van der Waals surface area contributed by atoms with Crippen molar-refractivity contribution in [2.45, 2.75) is 32.2 Å². The number of carbonyl (C=O) groups excluding carboxylic acids is 2. The summed E-state index contributed by atoms with van der Waals surface area (Å²) < 4.78 is 31.4. The van der Waals surface area contributed by atoms with Crippen molar-refractivity contribution in [3.05, 3.63) is 29.3 Å². The standard InChI is InChI=1S/C14H18F2N2O3/c1-8(17)4-3-5-13(19)18-12-6-9(14(20)21-2)10(15)7-11(12)16/h6-8H,3-5,17H2,1-2H3,(H,18,19). The Balaban J connectivity index is 2.78. The van der Waals surface area contributed by atoms with E-state index in [0.717, 1.165) is 13.2 Å². The molecule has 0 heterocycles. The fourth-order valence-electron chi connectivity index (χ4n) is 1.71. The van der Waals surface area contributed by atoms with E-state index >= 15 is 0 Å². The first-order valence-electron chi connectivity index (χ1n) is 6.48. The van der Waals surface area contributed by atoms with Gasteiger partial charge in [0.15, 0.2) is 0 Å². The van der Waals surface area contributed by atoms with Gasteiger partial charge < -0.3 is 15.8 Å². The fourth-order valence-corrected chi connectivity index (χ4v) is 1.71. The Labute approximate surface area is 121 Å². The molecule has 0 radical (unpaired) electrons. The molecule has 0 fully saturated rings. The van der Waals surface area contributed by atoms with E-state index in [0.29, 0.717) is 18.9 Å². The first-order valence-corrected chi connectivity index (χ1v) is 6.48. The summed E-state index contributed by atoms with van der Waals surface area (Å²) in [5, 5.41) is 2.30. The quantitative estimate of drug-likeness (QED) is 0.789. The van der Waals surface area contributed by atoms with Gasteiger partial charge in [-0.25, -0.2) is 13.6 Å². The van der Waals surface area contributed by atoms with Gasteiger partial charge in [0.1, 0.15) is 11.6 Å². The molecule has 0 aliphatic carbocycles. The smallest absolute Gasteiger partial charge is 0.340 e. The van der Waals surface area contributed by atoms with E-state index in [-0.39, 0.29) is 18.2 Å². The van der Waals surface area contributed by atoms with Crippen LogP contribution in [0, 0.1) is 11.6 Å². The molecule has 0 saturated heterocycles. The topological polar surface area (TPSA) is 81.4 Å². The van der Waals surface area contributed by atoms with Gasteiger partial charge in [0, 0.05) is 18.5 Å². The van der Waals surface area contributed by atoms with Gasteiger partial charge >= 0.3 is 5.97 Å². The monoisotopic (exact) mass is 300 g/mol. The lowest BCUT2D eigenvalue weighted by Gasteiger charge is -2.09. The van der Waals surface area contributed by atoms with Crippen molar-refractivity contribution < 1.29 is 23.1 Å². The first kappa shape index (κ1) is 17.0. The second-order valence-corrected chi connectivity index (χ2v) is 4.72. The molecule has 0 aromatic heterocycles. The maximum Gasteiger partial charge on any atom is 0.340 e. The summed E-state index contributed by atoms with van der Waals surface area (Å²) in [6.07, 6.45) is 1.37. The number of halogens is 2. The number of benzene rings is 1. The second kappa shape index (κ2) is 7.68. The third-order valence-corrected chi connectivity index (χ3v) is 2.80. The number of ether oxygens (including phenoxy) is 1. The van der Waals surface area contributed by atoms with Gasteiger partial charge in [0.2, 0.25) is 5.91 Å². The molecule has 0 aliphatic rings. The van der Waals surface area contributed by atoms with Gasteiger partial charge in [-0.2, -0.15) is 0 Å². The SMILES string of the molecule is COC(=O)c1cc(NC(=O)CCCC(C)N)c(F)cc1F. The van der Waals surface area contributed by atoms with E-state index in [1.165, 1.54) is 0 Å². The highest BCUT2D eigenvalue weighted by Crippen LogP contribution is 2.20. The van der Waals surface area contributed by atoms with Crippen LogP contribution in [0.4, 0.5) is 14.5 Å². The third-order valence-electron chi connectivity index (χ3n) is 2.80. The van der Waals surface area contributed by atoms with Gasteiger partial charge in [0.05, 0.1) is 18.4 Å². The normalized spacial score (nSPS) is 11.9. The van der Waals surface area contributed by atoms with E-state index in [1.807, 2.05) is 6.92 Å². The summed E-state index contributed by atoms with van der Waals surface area (Å²) in [6, 6.07) is 1.43. The van der Waals surface area contributed by atoms with Crippen molar-refractivity contribution in [2.24, 2.45) is 5.73 Å².